The van der Waals surface area contributed by atoms with Crippen molar-refractivity contribution >= 4 is 21.6 Å². The molecule has 1 N–H and O–H groups in total. The van der Waals surface area contributed by atoms with Gasteiger partial charge in [0.1, 0.15) is 11.6 Å². The van der Waals surface area contributed by atoms with Crippen molar-refractivity contribution in [3.63, 3.8) is 0 Å². The Balaban J connectivity index is 2.28. The highest BCUT2D eigenvalue weighted by molar-refractivity contribution is 9.10. The van der Waals surface area contributed by atoms with Crippen molar-refractivity contribution in [2.24, 2.45) is 0 Å². The lowest BCUT2D eigenvalue weighted by Gasteiger charge is -2.19. The van der Waals surface area contributed by atoms with Crippen molar-refractivity contribution in [2.45, 2.75) is 19.9 Å². The molecule has 0 amide bonds. The van der Waals surface area contributed by atoms with Gasteiger partial charge in [-0.3, -0.25) is 0 Å². The van der Waals surface area contributed by atoms with E-state index in [4.69, 9.17) is 0 Å². The molecular weight excluding hydrogens is 312 g/mol. The van der Waals surface area contributed by atoms with Gasteiger partial charge >= 0.3 is 0 Å². The first-order chi connectivity index (χ1) is 8.99. The monoisotopic (exact) mass is 325 g/mol. The summed E-state index contributed by atoms with van der Waals surface area (Å²) in [7, 11) is 0. The summed E-state index contributed by atoms with van der Waals surface area (Å²) < 4.78 is 27.5. The normalized spacial score (nSPS) is 12.3. The van der Waals surface area contributed by atoms with Crippen LogP contribution in [0.25, 0.3) is 0 Å². The van der Waals surface area contributed by atoms with E-state index in [0.29, 0.717) is 10.2 Å². The number of hydrogen-bond donors (Lipinski definition) is 1. The zero-order chi connectivity index (χ0) is 14.0. The first-order valence-corrected chi connectivity index (χ1v) is 6.75. The maximum absolute atomic E-state index is 13.8. The van der Waals surface area contributed by atoms with Crippen LogP contribution in [0.5, 0.6) is 0 Å². The summed E-state index contributed by atoms with van der Waals surface area (Å²) in [5, 5.41) is 3.13. The summed E-state index contributed by atoms with van der Waals surface area (Å²) >= 11 is 3.32. The van der Waals surface area contributed by atoms with Gasteiger partial charge in [-0.25, -0.2) is 8.78 Å². The Labute approximate surface area is 119 Å². The van der Waals surface area contributed by atoms with Crippen molar-refractivity contribution in [2.75, 3.05) is 5.32 Å². The molecule has 2 aromatic rings. The highest BCUT2D eigenvalue weighted by atomic mass is 79.9. The summed E-state index contributed by atoms with van der Waals surface area (Å²) in [6, 6.07) is 9.29. The Hall–Kier alpha value is -1.42. The average molecular weight is 326 g/mol. The summed E-state index contributed by atoms with van der Waals surface area (Å²) in [6.45, 7) is 3.75. The molecule has 0 aliphatic rings. The number of aryl methyl sites for hydroxylation is 1. The van der Waals surface area contributed by atoms with Crippen LogP contribution in [0.15, 0.2) is 40.9 Å². The van der Waals surface area contributed by atoms with Gasteiger partial charge < -0.3 is 5.32 Å². The Bertz CT molecular complexity index is 578. The minimum Gasteiger partial charge on any atom is -0.376 e. The first kappa shape index (κ1) is 14.0. The SMILES string of the molecule is Cc1cccc(F)c1NC(C)c1ccc(F)cc1Br. The molecule has 1 nitrogen and oxygen atoms in total. The number of hydrogen-bond acceptors (Lipinski definition) is 1. The maximum atomic E-state index is 13.8. The van der Waals surface area contributed by atoms with E-state index in [9.17, 15) is 8.78 Å². The second kappa shape index (κ2) is 5.70. The van der Waals surface area contributed by atoms with Crippen molar-refractivity contribution in [3.8, 4) is 0 Å². The number of benzene rings is 2. The zero-order valence-corrected chi connectivity index (χ0v) is 12.3. The number of rotatable bonds is 3. The molecule has 100 valence electrons. The Kier molecular flexibility index (Phi) is 4.20. The molecule has 0 aliphatic carbocycles. The lowest BCUT2D eigenvalue weighted by atomic mass is 10.1. The maximum Gasteiger partial charge on any atom is 0.146 e. The molecule has 1 atom stereocenters. The fourth-order valence-electron chi connectivity index (χ4n) is 1.96. The molecule has 0 aliphatic heterocycles. The van der Waals surface area contributed by atoms with Crippen LogP contribution in [0, 0.1) is 18.6 Å². The molecule has 0 bridgehead atoms. The predicted octanol–water partition coefficient (Wildman–Crippen LogP) is 5.21. The Morgan fingerprint density at radius 3 is 2.53 bits per heavy atom. The third kappa shape index (κ3) is 3.13. The topological polar surface area (TPSA) is 12.0 Å². The molecule has 2 aromatic carbocycles. The highest BCUT2D eigenvalue weighted by Gasteiger charge is 2.13. The third-order valence-corrected chi connectivity index (χ3v) is 3.70. The summed E-state index contributed by atoms with van der Waals surface area (Å²) in [4.78, 5) is 0. The quantitative estimate of drug-likeness (QED) is 0.816. The second-order valence-electron chi connectivity index (χ2n) is 4.46. The fraction of sp³-hybridized carbons (Fsp3) is 0.200. The minimum atomic E-state index is -0.301. The van der Waals surface area contributed by atoms with E-state index in [1.54, 1.807) is 12.1 Å². The molecule has 1 unspecified atom stereocenters. The van der Waals surface area contributed by atoms with Gasteiger partial charge in [0.15, 0.2) is 0 Å². The molecule has 0 radical (unpaired) electrons. The Morgan fingerprint density at radius 2 is 1.89 bits per heavy atom. The van der Waals surface area contributed by atoms with E-state index in [0.717, 1.165) is 11.1 Å². The van der Waals surface area contributed by atoms with Crippen molar-refractivity contribution < 1.29 is 8.78 Å². The van der Waals surface area contributed by atoms with Crippen molar-refractivity contribution in [3.05, 3.63) is 63.6 Å². The number of nitrogens with one attached hydrogen (secondary N) is 1. The summed E-state index contributed by atoms with van der Waals surface area (Å²) in [5.74, 6) is -0.588. The predicted molar refractivity (Wildman–Crippen MR) is 77.3 cm³/mol. The fourth-order valence-corrected chi connectivity index (χ4v) is 2.66. The van der Waals surface area contributed by atoms with Gasteiger partial charge in [-0.1, -0.05) is 34.1 Å². The van der Waals surface area contributed by atoms with Crippen LogP contribution >= 0.6 is 15.9 Å². The standard InChI is InChI=1S/C15H14BrF2N/c1-9-4-3-5-14(18)15(9)19-10(2)12-7-6-11(17)8-13(12)16/h3-8,10,19H,1-2H3. The van der Waals surface area contributed by atoms with Crippen LogP contribution in [0.1, 0.15) is 24.1 Å². The van der Waals surface area contributed by atoms with Crippen molar-refractivity contribution in [1.29, 1.82) is 0 Å². The lowest BCUT2D eigenvalue weighted by molar-refractivity contribution is 0.622. The van der Waals surface area contributed by atoms with Gasteiger partial charge in [-0.2, -0.15) is 0 Å². The van der Waals surface area contributed by atoms with Gasteiger partial charge in [0, 0.05) is 10.5 Å². The van der Waals surface area contributed by atoms with Crippen LogP contribution < -0.4 is 5.32 Å². The molecule has 4 heteroatoms. The third-order valence-electron chi connectivity index (χ3n) is 3.01. The first-order valence-electron chi connectivity index (χ1n) is 5.95. The largest absolute Gasteiger partial charge is 0.376 e. The molecule has 0 heterocycles. The average Bonchev–Trinajstić information content (AvgIpc) is 2.33. The van der Waals surface area contributed by atoms with Gasteiger partial charge in [0.2, 0.25) is 0 Å². The van der Waals surface area contributed by atoms with E-state index in [1.165, 1.54) is 18.2 Å². The Morgan fingerprint density at radius 1 is 1.16 bits per heavy atom. The van der Waals surface area contributed by atoms with E-state index < -0.39 is 0 Å². The van der Waals surface area contributed by atoms with Crippen LogP contribution in [0.3, 0.4) is 0 Å². The zero-order valence-electron chi connectivity index (χ0n) is 10.7. The molecule has 0 aromatic heterocycles. The number of anilines is 1. The molecule has 19 heavy (non-hydrogen) atoms. The van der Waals surface area contributed by atoms with E-state index in [2.05, 4.69) is 21.2 Å². The van der Waals surface area contributed by atoms with Crippen LogP contribution in [0.2, 0.25) is 0 Å². The van der Waals surface area contributed by atoms with Gasteiger partial charge in [0.05, 0.1) is 5.69 Å². The van der Waals surface area contributed by atoms with Gasteiger partial charge in [-0.05, 0) is 43.2 Å². The van der Waals surface area contributed by atoms with Gasteiger partial charge in [-0.15, -0.1) is 0 Å². The second-order valence-corrected chi connectivity index (χ2v) is 5.32. The van der Waals surface area contributed by atoms with Gasteiger partial charge in [0.25, 0.3) is 0 Å². The summed E-state index contributed by atoms with van der Waals surface area (Å²) in [5.41, 5.74) is 2.19. The molecular formula is C15H14BrF2N. The smallest absolute Gasteiger partial charge is 0.146 e. The van der Waals surface area contributed by atoms with E-state index in [1.807, 2.05) is 19.9 Å². The summed E-state index contributed by atoms with van der Waals surface area (Å²) in [6.07, 6.45) is 0. The van der Waals surface area contributed by atoms with E-state index >= 15 is 0 Å². The van der Waals surface area contributed by atoms with Crippen LogP contribution in [-0.2, 0) is 0 Å². The number of halogens is 3. The molecule has 0 spiro atoms. The molecule has 0 fully saturated rings. The molecule has 0 saturated carbocycles. The highest BCUT2D eigenvalue weighted by Crippen LogP contribution is 2.29. The lowest BCUT2D eigenvalue weighted by Crippen LogP contribution is -2.10. The number of para-hydroxylation sites is 1. The van der Waals surface area contributed by atoms with Crippen LogP contribution in [0.4, 0.5) is 14.5 Å². The van der Waals surface area contributed by atoms with Crippen LogP contribution in [-0.4, -0.2) is 0 Å². The minimum absolute atomic E-state index is 0.134. The van der Waals surface area contributed by atoms with E-state index in [-0.39, 0.29) is 17.7 Å². The van der Waals surface area contributed by atoms with Crippen molar-refractivity contribution in [1.82, 2.24) is 0 Å². The molecule has 2 rings (SSSR count). The molecule has 0 saturated heterocycles.